The van der Waals surface area contributed by atoms with Crippen LogP contribution >= 0.6 is 0 Å². The highest BCUT2D eigenvalue weighted by atomic mass is 19.1. The number of hydrogen-bond donors (Lipinski definition) is 1. The van der Waals surface area contributed by atoms with E-state index in [4.69, 9.17) is 15.3 Å². The number of nitrogens with two attached hydrogens (primary N) is 1. The molecule has 0 bridgehead atoms. The number of pyridine rings is 2. The fourth-order valence-electron chi connectivity index (χ4n) is 2.75. The van der Waals surface area contributed by atoms with Crippen LogP contribution < -0.4 is 10.5 Å². The zero-order chi connectivity index (χ0) is 20.9. The van der Waals surface area contributed by atoms with Gasteiger partial charge in [0.25, 0.3) is 0 Å². The maximum atomic E-state index is 13.9. The number of hydrogen-bond acceptors (Lipinski definition) is 5. The van der Waals surface area contributed by atoms with E-state index in [0.29, 0.717) is 33.7 Å². The normalized spacial score (nSPS) is 11.5. The summed E-state index contributed by atoms with van der Waals surface area (Å²) < 4.78 is 32.3. The van der Waals surface area contributed by atoms with Gasteiger partial charge in [-0.2, -0.15) is 0 Å². The molecule has 0 aliphatic heterocycles. The SMILES string of the molecule is N/C(=N\OCc1ccc(F)c2cccnc12)c1ccc(Oc2ccc(F)cc2)nc1. The van der Waals surface area contributed by atoms with Crippen LogP contribution in [0.3, 0.4) is 0 Å². The molecule has 0 amide bonds. The van der Waals surface area contributed by atoms with Crippen molar-refractivity contribution in [1.29, 1.82) is 0 Å². The van der Waals surface area contributed by atoms with E-state index in [1.165, 1.54) is 36.5 Å². The number of rotatable bonds is 6. The molecule has 0 unspecified atom stereocenters. The second-order valence-electron chi connectivity index (χ2n) is 6.30. The molecule has 4 rings (SSSR count). The van der Waals surface area contributed by atoms with Crippen molar-refractivity contribution < 1.29 is 18.4 Å². The van der Waals surface area contributed by atoms with E-state index < -0.39 is 0 Å². The van der Waals surface area contributed by atoms with Gasteiger partial charge in [-0.1, -0.05) is 11.2 Å². The first-order valence-electron chi connectivity index (χ1n) is 8.97. The second kappa shape index (κ2) is 8.52. The monoisotopic (exact) mass is 406 g/mol. The standard InChI is InChI=1S/C22H16F2N4O2/c23-16-5-7-17(8-6-16)30-20-10-4-14(12-27-20)22(25)28-29-13-15-3-9-19(24)18-2-1-11-26-21(15)18/h1-12H,13H2,(H2,25,28). The van der Waals surface area contributed by atoms with Gasteiger partial charge >= 0.3 is 0 Å². The fraction of sp³-hybridized carbons (Fsp3) is 0.0455. The van der Waals surface area contributed by atoms with Crippen molar-refractivity contribution in [3.63, 3.8) is 0 Å². The highest BCUT2D eigenvalue weighted by Gasteiger charge is 2.08. The molecule has 2 aromatic carbocycles. The summed E-state index contributed by atoms with van der Waals surface area (Å²) >= 11 is 0. The number of benzene rings is 2. The molecule has 4 aromatic rings. The van der Waals surface area contributed by atoms with E-state index in [2.05, 4.69) is 15.1 Å². The molecule has 150 valence electrons. The molecule has 6 nitrogen and oxygen atoms in total. The molecule has 2 N–H and O–H groups in total. The number of oxime groups is 1. The Bertz CT molecular complexity index is 1200. The largest absolute Gasteiger partial charge is 0.439 e. The first kappa shape index (κ1) is 19.3. The van der Waals surface area contributed by atoms with E-state index in [-0.39, 0.29) is 24.1 Å². The molecule has 0 aliphatic rings. The van der Waals surface area contributed by atoms with E-state index in [1.54, 1.807) is 36.5 Å². The highest BCUT2D eigenvalue weighted by molar-refractivity contribution is 5.96. The lowest BCUT2D eigenvalue weighted by Crippen LogP contribution is -2.14. The fourth-order valence-corrected chi connectivity index (χ4v) is 2.75. The van der Waals surface area contributed by atoms with Gasteiger partial charge in [0.2, 0.25) is 5.88 Å². The van der Waals surface area contributed by atoms with Gasteiger partial charge in [0.1, 0.15) is 24.0 Å². The molecule has 30 heavy (non-hydrogen) atoms. The lowest BCUT2D eigenvalue weighted by molar-refractivity contribution is 0.131. The summed E-state index contributed by atoms with van der Waals surface area (Å²) in [6.45, 7) is 0.0771. The van der Waals surface area contributed by atoms with Gasteiger partial charge in [-0.15, -0.1) is 0 Å². The molecule has 0 fully saturated rings. The number of amidine groups is 1. The van der Waals surface area contributed by atoms with Crippen molar-refractivity contribution in [2.75, 3.05) is 0 Å². The lowest BCUT2D eigenvalue weighted by atomic mass is 10.1. The number of halogens is 2. The van der Waals surface area contributed by atoms with Crippen LogP contribution in [-0.2, 0) is 11.4 Å². The lowest BCUT2D eigenvalue weighted by Gasteiger charge is -2.07. The van der Waals surface area contributed by atoms with Gasteiger partial charge in [0.05, 0.1) is 5.52 Å². The highest BCUT2D eigenvalue weighted by Crippen LogP contribution is 2.21. The van der Waals surface area contributed by atoms with E-state index in [1.807, 2.05) is 0 Å². The van der Waals surface area contributed by atoms with Crippen LogP contribution in [-0.4, -0.2) is 15.8 Å². The maximum absolute atomic E-state index is 13.9. The zero-order valence-corrected chi connectivity index (χ0v) is 15.6. The van der Waals surface area contributed by atoms with Crippen LogP contribution in [0.25, 0.3) is 10.9 Å². The maximum Gasteiger partial charge on any atom is 0.219 e. The summed E-state index contributed by atoms with van der Waals surface area (Å²) in [5.74, 6) is 0.206. The summed E-state index contributed by atoms with van der Waals surface area (Å²) in [4.78, 5) is 13.7. The Morgan fingerprint density at radius 3 is 2.57 bits per heavy atom. The van der Waals surface area contributed by atoms with E-state index >= 15 is 0 Å². The predicted molar refractivity (Wildman–Crippen MR) is 108 cm³/mol. The number of fused-ring (bicyclic) bond motifs is 1. The minimum Gasteiger partial charge on any atom is -0.439 e. The molecule has 2 heterocycles. The summed E-state index contributed by atoms with van der Waals surface area (Å²) in [7, 11) is 0. The Balaban J connectivity index is 1.41. The minimum atomic E-state index is -0.348. The average Bonchev–Trinajstić information content (AvgIpc) is 2.77. The van der Waals surface area contributed by atoms with Crippen LogP contribution in [0, 0.1) is 11.6 Å². The van der Waals surface area contributed by atoms with Gasteiger partial charge in [-0.25, -0.2) is 13.8 Å². The molecule has 0 saturated carbocycles. The van der Waals surface area contributed by atoms with Gasteiger partial charge in [0, 0.05) is 35.0 Å². The number of nitrogens with zero attached hydrogens (tertiary/aromatic N) is 3. The smallest absolute Gasteiger partial charge is 0.219 e. The Labute approximate surface area is 170 Å². The van der Waals surface area contributed by atoms with Crippen molar-refractivity contribution in [2.24, 2.45) is 10.9 Å². The molecule has 0 radical (unpaired) electrons. The Morgan fingerprint density at radius 1 is 0.967 bits per heavy atom. The second-order valence-corrected chi connectivity index (χ2v) is 6.30. The summed E-state index contributed by atoms with van der Waals surface area (Å²) in [5, 5.41) is 4.31. The third-order valence-electron chi connectivity index (χ3n) is 4.25. The van der Waals surface area contributed by atoms with Crippen LogP contribution in [0.2, 0.25) is 0 Å². The molecule has 0 spiro atoms. The van der Waals surface area contributed by atoms with Gasteiger partial charge < -0.3 is 15.3 Å². The van der Waals surface area contributed by atoms with Crippen molar-refractivity contribution in [1.82, 2.24) is 9.97 Å². The first-order chi connectivity index (χ1) is 14.6. The molecule has 0 aliphatic carbocycles. The van der Waals surface area contributed by atoms with E-state index in [0.717, 1.165) is 0 Å². The first-order valence-corrected chi connectivity index (χ1v) is 8.97. The minimum absolute atomic E-state index is 0.0771. The third kappa shape index (κ3) is 4.33. The molecular weight excluding hydrogens is 390 g/mol. The molecule has 2 aromatic heterocycles. The Hall–Kier alpha value is -4.07. The molecule has 8 heteroatoms. The van der Waals surface area contributed by atoms with Crippen LogP contribution in [0.5, 0.6) is 11.6 Å². The van der Waals surface area contributed by atoms with Crippen molar-refractivity contribution in [3.8, 4) is 11.6 Å². The van der Waals surface area contributed by atoms with Gasteiger partial charge in [-0.3, -0.25) is 4.98 Å². The summed E-state index contributed by atoms with van der Waals surface area (Å²) in [6.07, 6.45) is 3.07. The zero-order valence-electron chi connectivity index (χ0n) is 15.6. The third-order valence-corrected chi connectivity index (χ3v) is 4.25. The summed E-state index contributed by atoms with van der Waals surface area (Å²) in [6, 6.07) is 15.2. The Kier molecular flexibility index (Phi) is 5.47. The number of aromatic nitrogens is 2. The van der Waals surface area contributed by atoms with Crippen molar-refractivity contribution in [3.05, 3.63) is 95.8 Å². The van der Waals surface area contributed by atoms with Crippen LogP contribution in [0.1, 0.15) is 11.1 Å². The Morgan fingerprint density at radius 2 is 1.80 bits per heavy atom. The van der Waals surface area contributed by atoms with E-state index in [9.17, 15) is 8.78 Å². The molecule has 0 atom stereocenters. The quantitative estimate of drug-likeness (QED) is 0.289. The number of ether oxygens (including phenoxy) is 1. The molecular formula is C22H16F2N4O2. The van der Waals surface area contributed by atoms with Gasteiger partial charge in [0.15, 0.2) is 5.84 Å². The van der Waals surface area contributed by atoms with Gasteiger partial charge in [-0.05, 0) is 48.5 Å². The van der Waals surface area contributed by atoms with Crippen LogP contribution in [0.15, 0.2) is 78.2 Å². The topological polar surface area (TPSA) is 82.6 Å². The average molecular weight is 406 g/mol. The van der Waals surface area contributed by atoms with Crippen molar-refractivity contribution >= 4 is 16.7 Å². The molecule has 0 saturated heterocycles. The van der Waals surface area contributed by atoms with Crippen LogP contribution in [0.4, 0.5) is 8.78 Å². The van der Waals surface area contributed by atoms with Crippen molar-refractivity contribution in [2.45, 2.75) is 6.61 Å². The predicted octanol–water partition coefficient (Wildman–Crippen LogP) is 4.54. The summed E-state index contributed by atoms with van der Waals surface area (Å²) in [5.41, 5.74) is 7.67.